The summed E-state index contributed by atoms with van der Waals surface area (Å²) < 4.78 is 0. The molecule has 3 heterocycles. The van der Waals surface area contributed by atoms with Gasteiger partial charge < -0.3 is 25.4 Å². The minimum absolute atomic E-state index is 0.0391. The molecule has 1 aromatic carbocycles. The number of hydrogen-bond acceptors (Lipinski definition) is 5. The first-order valence-electron chi connectivity index (χ1n) is 12.4. The quantitative estimate of drug-likeness (QED) is 0.338. The van der Waals surface area contributed by atoms with E-state index in [-0.39, 0.29) is 44.0 Å². The van der Waals surface area contributed by atoms with Crippen molar-refractivity contribution in [3.8, 4) is 11.4 Å². The molecule has 35 heavy (non-hydrogen) atoms. The fourth-order valence-electron chi connectivity index (χ4n) is 5.87. The number of aromatic nitrogens is 3. The SMILES string of the molecule is CC(C)NC(=O)CN1C(=O)C(CCO)(CCCO)c2cc3[nH]c4c(c3cc21)CCCc1cn[nH]c1-4. The molecule has 0 radical (unpaired) electrons. The number of amides is 2. The van der Waals surface area contributed by atoms with Crippen molar-refractivity contribution in [3.05, 3.63) is 35.0 Å². The molecule has 9 nitrogen and oxygen atoms in total. The molecule has 5 rings (SSSR count). The number of nitrogens with zero attached hydrogens (tertiary/aromatic N) is 2. The summed E-state index contributed by atoms with van der Waals surface area (Å²) >= 11 is 0. The topological polar surface area (TPSA) is 134 Å². The molecule has 0 saturated heterocycles. The molecule has 3 aromatic rings. The lowest BCUT2D eigenvalue weighted by atomic mass is 9.75. The Morgan fingerprint density at radius 3 is 2.77 bits per heavy atom. The Balaban J connectivity index is 1.69. The fourth-order valence-corrected chi connectivity index (χ4v) is 5.87. The molecule has 0 fully saturated rings. The van der Waals surface area contributed by atoms with Crippen LogP contribution in [0, 0.1) is 0 Å². The van der Waals surface area contributed by atoms with Gasteiger partial charge in [-0.3, -0.25) is 14.7 Å². The first kappa shape index (κ1) is 23.6. The zero-order valence-corrected chi connectivity index (χ0v) is 20.3. The van der Waals surface area contributed by atoms with Crippen LogP contribution in [0.4, 0.5) is 5.69 Å². The molecule has 0 bridgehead atoms. The lowest BCUT2D eigenvalue weighted by Crippen LogP contribution is -2.46. The predicted octanol–water partition coefficient (Wildman–Crippen LogP) is 2.31. The summed E-state index contributed by atoms with van der Waals surface area (Å²) in [6, 6.07) is 4.00. The smallest absolute Gasteiger partial charge is 0.240 e. The van der Waals surface area contributed by atoms with E-state index >= 15 is 0 Å². The zero-order valence-electron chi connectivity index (χ0n) is 20.3. The Hall–Kier alpha value is -3.17. The average molecular weight is 480 g/mol. The first-order chi connectivity index (χ1) is 16.9. The van der Waals surface area contributed by atoms with Crippen LogP contribution in [0.1, 0.15) is 56.2 Å². The molecule has 1 aliphatic heterocycles. The van der Waals surface area contributed by atoms with E-state index in [0.717, 1.165) is 47.1 Å². The summed E-state index contributed by atoms with van der Waals surface area (Å²) in [6.07, 6.45) is 5.77. The number of benzene rings is 1. The lowest BCUT2D eigenvalue weighted by molar-refractivity contribution is -0.127. The number of rotatable bonds is 8. The molecule has 1 unspecified atom stereocenters. The van der Waals surface area contributed by atoms with Crippen LogP contribution < -0.4 is 10.2 Å². The van der Waals surface area contributed by atoms with E-state index in [2.05, 4.69) is 20.5 Å². The minimum Gasteiger partial charge on any atom is -0.396 e. The van der Waals surface area contributed by atoms with E-state index in [1.165, 1.54) is 11.1 Å². The van der Waals surface area contributed by atoms with Crippen molar-refractivity contribution in [1.82, 2.24) is 20.5 Å². The van der Waals surface area contributed by atoms with E-state index in [4.69, 9.17) is 0 Å². The van der Waals surface area contributed by atoms with Gasteiger partial charge >= 0.3 is 0 Å². The van der Waals surface area contributed by atoms with E-state index in [9.17, 15) is 19.8 Å². The molecule has 2 aliphatic rings. The Morgan fingerprint density at radius 2 is 2.03 bits per heavy atom. The molecule has 1 atom stereocenters. The van der Waals surface area contributed by atoms with E-state index in [1.54, 1.807) is 4.90 Å². The third kappa shape index (κ3) is 3.83. The number of hydrogen-bond donors (Lipinski definition) is 5. The van der Waals surface area contributed by atoms with Gasteiger partial charge in [-0.1, -0.05) is 0 Å². The van der Waals surface area contributed by atoms with Crippen LogP contribution in [0.15, 0.2) is 18.3 Å². The van der Waals surface area contributed by atoms with Gasteiger partial charge in [0.25, 0.3) is 0 Å². The van der Waals surface area contributed by atoms with Crippen LogP contribution in [0.3, 0.4) is 0 Å². The largest absolute Gasteiger partial charge is 0.396 e. The Morgan fingerprint density at radius 1 is 1.20 bits per heavy atom. The molecule has 2 amide bonds. The molecule has 0 saturated carbocycles. The van der Waals surface area contributed by atoms with Crippen molar-refractivity contribution in [2.75, 3.05) is 24.7 Å². The van der Waals surface area contributed by atoms with Crippen molar-refractivity contribution in [2.24, 2.45) is 0 Å². The average Bonchev–Trinajstić information content (AvgIpc) is 3.44. The number of aromatic amines is 2. The number of aryl methyl sites for hydroxylation is 2. The van der Waals surface area contributed by atoms with Gasteiger partial charge in [0.2, 0.25) is 11.8 Å². The first-order valence-corrected chi connectivity index (χ1v) is 12.4. The maximum absolute atomic E-state index is 13.9. The van der Waals surface area contributed by atoms with Gasteiger partial charge in [-0.2, -0.15) is 5.10 Å². The highest BCUT2D eigenvalue weighted by molar-refractivity contribution is 6.13. The van der Waals surface area contributed by atoms with Gasteiger partial charge in [-0.05, 0) is 81.2 Å². The van der Waals surface area contributed by atoms with Crippen molar-refractivity contribution in [3.63, 3.8) is 0 Å². The molecule has 1 aliphatic carbocycles. The van der Waals surface area contributed by atoms with Gasteiger partial charge in [0.1, 0.15) is 6.54 Å². The number of carbonyl (C=O) groups is 2. The van der Waals surface area contributed by atoms with E-state index in [0.29, 0.717) is 18.5 Å². The lowest BCUT2D eigenvalue weighted by Gasteiger charge is -2.28. The Kier molecular flexibility index (Phi) is 6.14. The second kappa shape index (κ2) is 9.13. The summed E-state index contributed by atoms with van der Waals surface area (Å²) in [5, 5.41) is 30.8. The summed E-state index contributed by atoms with van der Waals surface area (Å²) in [5.41, 5.74) is 5.83. The Bertz CT molecular complexity index is 1280. The van der Waals surface area contributed by atoms with Crippen LogP contribution in [-0.4, -0.2) is 63.0 Å². The van der Waals surface area contributed by atoms with Crippen LogP contribution >= 0.6 is 0 Å². The standard InChI is InChI=1S/C26H33N5O4/c1-15(2)28-22(34)14-31-21-11-18-17-6-3-5-16-13-27-30-23(16)24(17)29-20(18)12-19(21)26(8-10-33,25(31)35)7-4-9-32/h11-13,15,29,32-33H,3-10,14H2,1-2H3,(H,27,30)(H,28,34). The number of anilines is 1. The zero-order chi connectivity index (χ0) is 24.7. The maximum Gasteiger partial charge on any atom is 0.240 e. The van der Waals surface area contributed by atoms with Gasteiger partial charge in [0.15, 0.2) is 0 Å². The van der Waals surface area contributed by atoms with Crippen molar-refractivity contribution in [1.29, 1.82) is 0 Å². The Labute approximate surface area is 203 Å². The number of carbonyl (C=O) groups excluding carboxylic acids is 2. The highest BCUT2D eigenvalue weighted by Gasteiger charge is 2.50. The molecule has 5 N–H and O–H groups in total. The highest BCUT2D eigenvalue weighted by atomic mass is 16.3. The molecular formula is C26H33N5O4. The maximum atomic E-state index is 13.9. The molecule has 186 valence electrons. The van der Waals surface area contributed by atoms with Crippen LogP contribution in [0.5, 0.6) is 0 Å². The third-order valence-corrected chi connectivity index (χ3v) is 7.38. The van der Waals surface area contributed by atoms with Crippen LogP contribution in [0.25, 0.3) is 22.3 Å². The van der Waals surface area contributed by atoms with Crippen molar-refractivity contribution < 1.29 is 19.8 Å². The fraction of sp³-hybridized carbons (Fsp3) is 0.500. The second-order valence-corrected chi connectivity index (χ2v) is 10.0. The highest BCUT2D eigenvalue weighted by Crippen LogP contribution is 2.49. The van der Waals surface area contributed by atoms with E-state index < -0.39 is 5.41 Å². The molecule has 2 aromatic heterocycles. The number of aliphatic hydroxyl groups excluding tert-OH is 2. The summed E-state index contributed by atoms with van der Waals surface area (Å²) in [5.74, 6) is -0.417. The molecular weight excluding hydrogens is 446 g/mol. The number of fused-ring (bicyclic) bond motifs is 6. The third-order valence-electron chi connectivity index (χ3n) is 7.38. The number of aliphatic hydroxyl groups is 2. The van der Waals surface area contributed by atoms with Crippen molar-refractivity contribution in [2.45, 2.75) is 63.8 Å². The second-order valence-electron chi connectivity index (χ2n) is 10.0. The van der Waals surface area contributed by atoms with Gasteiger partial charge in [-0.15, -0.1) is 0 Å². The van der Waals surface area contributed by atoms with Gasteiger partial charge in [-0.25, -0.2) is 0 Å². The number of nitrogens with one attached hydrogen (secondary N) is 3. The summed E-state index contributed by atoms with van der Waals surface area (Å²) in [6.45, 7) is 3.47. The molecule has 9 heteroatoms. The van der Waals surface area contributed by atoms with Crippen LogP contribution in [-0.2, 0) is 27.8 Å². The monoisotopic (exact) mass is 479 g/mol. The van der Waals surface area contributed by atoms with Crippen molar-refractivity contribution >= 4 is 28.4 Å². The van der Waals surface area contributed by atoms with E-state index in [1.807, 2.05) is 32.2 Å². The van der Waals surface area contributed by atoms with Crippen LogP contribution in [0.2, 0.25) is 0 Å². The normalized spacial score (nSPS) is 19.1. The van der Waals surface area contributed by atoms with Gasteiger partial charge in [0, 0.05) is 35.8 Å². The molecule has 0 spiro atoms. The predicted molar refractivity (Wildman–Crippen MR) is 133 cm³/mol. The summed E-state index contributed by atoms with van der Waals surface area (Å²) in [7, 11) is 0. The summed E-state index contributed by atoms with van der Waals surface area (Å²) in [4.78, 5) is 31.8. The number of H-pyrrole nitrogens is 2. The van der Waals surface area contributed by atoms with Gasteiger partial charge in [0.05, 0.1) is 23.0 Å². The minimum atomic E-state index is -0.985.